The fourth-order valence-electron chi connectivity index (χ4n) is 10.8. The number of fused-ring (bicyclic) bond motifs is 13. The molecule has 59 heavy (non-hydrogen) atoms. The summed E-state index contributed by atoms with van der Waals surface area (Å²) in [6.45, 7) is 2.32. The summed E-state index contributed by atoms with van der Waals surface area (Å²) < 4.78 is 1.38. The summed E-state index contributed by atoms with van der Waals surface area (Å²) in [6, 6.07) is 52.3. The van der Waals surface area contributed by atoms with Gasteiger partial charge in [0.1, 0.15) is 0 Å². The third-order valence-electron chi connectivity index (χ3n) is 13.4. The summed E-state index contributed by atoms with van der Waals surface area (Å²) in [5.74, 6) is 0.842. The Bertz CT molecular complexity index is 3040. The number of hydrogen-bond donors (Lipinski definition) is 0. The first-order valence-corrected chi connectivity index (χ1v) is 22.1. The minimum atomic E-state index is -0.454. The topological polar surface area (TPSA) is 6.48 Å². The molecule has 0 amide bonds. The van der Waals surface area contributed by atoms with Gasteiger partial charge in [-0.05, 0) is 142 Å². The molecular formula is C56H44N2S. The lowest BCUT2D eigenvalue weighted by Crippen LogP contribution is -2.30. The van der Waals surface area contributed by atoms with Gasteiger partial charge in [0.25, 0.3) is 0 Å². The number of thiophene rings is 1. The van der Waals surface area contributed by atoms with Crippen molar-refractivity contribution in [3.8, 4) is 11.1 Å². The molecule has 3 unspecified atom stereocenters. The van der Waals surface area contributed by atoms with E-state index in [0.717, 1.165) is 37.1 Å². The predicted molar refractivity (Wildman–Crippen MR) is 249 cm³/mol. The van der Waals surface area contributed by atoms with Crippen LogP contribution in [-0.4, -0.2) is 4.90 Å². The number of allylic oxidation sites excluding steroid dienone is 10. The minimum Gasteiger partial charge on any atom is -0.315 e. The van der Waals surface area contributed by atoms with Crippen LogP contribution in [0.5, 0.6) is 0 Å². The Kier molecular flexibility index (Phi) is 7.96. The van der Waals surface area contributed by atoms with E-state index in [2.05, 4.69) is 205 Å². The number of benzene rings is 6. The highest BCUT2D eigenvalue weighted by atomic mass is 32.1. The summed E-state index contributed by atoms with van der Waals surface area (Å²) in [5.41, 5.74) is 15.4. The number of para-hydroxylation sites is 1. The van der Waals surface area contributed by atoms with Gasteiger partial charge in [-0.1, -0.05) is 134 Å². The van der Waals surface area contributed by atoms with Crippen molar-refractivity contribution in [1.29, 1.82) is 0 Å². The van der Waals surface area contributed by atoms with Gasteiger partial charge < -0.3 is 9.80 Å². The van der Waals surface area contributed by atoms with Crippen molar-refractivity contribution < 1.29 is 0 Å². The van der Waals surface area contributed by atoms with Crippen molar-refractivity contribution in [3.05, 3.63) is 232 Å². The van der Waals surface area contributed by atoms with E-state index in [1.54, 1.807) is 0 Å². The molecule has 12 rings (SSSR count). The van der Waals surface area contributed by atoms with Crippen LogP contribution in [0.25, 0.3) is 32.0 Å². The Morgan fingerprint density at radius 3 is 2.27 bits per heavy atom. The van der Waals surface area contributed by atoms with E-state index in [0.29, 0.717) is 5.92 Å². The number of anilines is 3. The number of rotatable bonds is 6. The van der Waals surface area contributed by atoms with Crippen molar-refractivity contribution in [1.82, 2.24) is 4.90 Å². The molecule has 284 valence electrons. The summed E-state index contributed by atoms with van der Waals surface area (Å²) >= 11 is 2.02. The Hall–Kier alpha value is -6.42. The molecule has 3 heteroatoms. The molecule has 0 saturated heterocycles. The maximum Gasteiger partial charge on any atom is 0.0701 e. The van der Waals surface area contributed by atoms with Gasteiger partial charge in [-0.25, -0.2) is 0 Å². The van der Waals surface area contributed by atoms with Crippen LogP contribution < -0.4 is 4.90 Å². The second kappa shape index (κ2) is 13.6. The van der Waals surface area contributed by atoms with Gasteiger partial charge in [0, 0.05) is 49.6 Å². The average Bonchev–Trinajstić information content (AvgIpc) is 3.91. The molecule has 1 spiro atoms. The lowest BCUT2D eigenvalue weighted by atomic mass is 9.68. The number of hydrogen-bond acceptors (Lipinski definition) is 3. The second-order valence-corrected chi connectivity index (χ2v) is 17.8. The van der Waals surface area contributed by atoms with Gasteiger partial charge in [-0.3, -0.25) is 0 Å². The van der Waals surface area contributed by atoms with Gasteiger partial charge in [-0.15, -0.1) is 11.3 Å². The molecule has 3 atom stereocenters. The first kappa shape index (κ1) is 34.6. The van der Waals surface area contributed by atoms with Crippen LogP contribution in [0.15, 0.2) is 211 Å². The van der Waals surface area contributed by atoms with E-state index in [1.165, 1.54) is 81.9 Å². The Morgan fingerprint density at radius 1 is 0.644 bits per heavy atom. The SMILES string of the molecule is CC1C=CC(N(C2=CCC3C(=C2)C2(c4ccccc4-c4ccc(N(c5ccccc5)c5ccc6ccccc6c5)cc42)c2c3sc3ccccc23)C2=CC=CCC2)=CC1. The van der Waals surface area contributed by atoms with Crippen LogP contribution in [0.2, 0.25) is 0 Å². The largest absolute Gasteiger partial charge is 0.315 e. The molecular weight excluding hydrogens is 733 g/mol. The van der Waals surface area contributed by atoms with Gasteiger partial charge >= 0.3 is 0 Å². The zero-order valence-corrected chi connectivity index (χ0v) is 34.0. The third kappa shape index (κ3) is 5.24. The van der Waals surface area contributed by atoms with E-state index >= 15 is 0 Å². The van der Waals surface area contributed by atoms with Crippen molar-refractivity contribution in [2.24, 2.45) is 5.92 Å². The van der Waals surface area contributed by atoms with Crippen LogP contribution in [0.4, 0.5) is 17.1 Å². The molecule has 1 aromatic heterocycles. The van der Waals surface area contributed by atoms with E-state index in [4.69, 9.17) is 0 Å². The van der Waals surface area contributed by atoms with Gasteiger partial charge in [-0.2, -0.15) is 0 Å². The quantitative estimate of drug-likeness (QED) is 0.166. The highest BCUT2D eigenvalue weighted by Crippen LogP contribution is 2.69. The molecule has 6 aromatic carbocycles. The highest BCUT2D eigenvalue weighted by molar-refractivity contribution is 7.19. The minimum absolute atomic E-state index is 0.289. The first-order valence-electron chi connectivity index (χ1n) is 21.2. The summed E-state index contributed by atoms with van der Waals surface area (Å²) in [6.07, 6.45) is 23.4. The zero-order valence-electron chi connectivity index (χ0n) is 33.2. The molecule has 2 nitrogen and oxygen atoms in total. The van der Waals surface area contributed by atoms with Crippen molar-refractivity contribution in [2.45, 2.75) is 43.9 Å². The first-order chi connectivity index (χ1) is 29.2. The maximum absolute atomic E-state index is 2.62. The van der Waals surface area contributed by atoms with Crippen molar-refractivity contribution in [3.63, 3.8) is 0 Å². The molecule has 0 aliphatic heterocycles. The van der Waals surface area contributed by atoms with Crippen molar-refractivity contribution >= 4 is 49.3 Å². The molecule has 0 radical (unpaired) electrons. The van der Waals surface area contributed by atoms with Crippen LogP contribution in [-0.2, 0) is 5.41 Å². The normalized spacial score (nSPS) is 21.0. The lowest BCUT2D eigenvalue weighted by molar-refractivity contribution is 0.506. The van der Waals surface area contributed by atoms with Crippen molar-refractivity contribution in [2.75, 3.05) is 4.90 Å². The maximum atomic E-state index is 2.62. The van der Waals surface area contributed by atoms with Crippen LogP contribution >= 0.6 is 11.3 Å². The Morgan fingerprint density at radius 2 is 1.41 bits per heavy atom. The molecule has 7 aromatic rings. The number of nitrogens with zero attached hydrogens (tertiary/aromatic N) is 2. The summed E-state index contributed by atoms with van der Waals surface area (Å²) in [5, 5.41) is 3.87. The monoisotopic (exact) mass is 776 g/mol. The fourth-order valence-corrected chi connectivity index (χ4v) is 12.2. The predicted octanol–water partition coefficient (Wildman–Crippen LogP) is 15.2. The van der Waals surface area contributed by atoms with E-state index in [-0.39, 0.29) is 5.92 Å². The Labute approximate surface area is 350 Å². The van der Waals surface area contributed by atoms with Crippen LogP contribution in [0.3, 0.4) is 0 Å². The molecule has 0 N–H and O–H groups in total. The highest BCUT2D eigenvalue weighted by Gasteiger charge is 2.57. The molecule has 0 saturated carbocycles. The molecule has 0 bridgehead atoms. The zero-order chi connectivity index (χ0) is 39.1. The molecule has 0 fully saturated rings. The van der Waals surface area contributed by atoms with Crippen LogP contribution in [0.1, 0.15) is 60.1 Å². The van der Waals surface area contributed by atoms with Crippen LogP contribution in [0, 0.1) is 5.92 Å². The molecule has 5 aliphatic rings. The third-order valence-corrected chi connectivity index (χ3v) is 14.7. The van der Waals surface area contributed by atoms with E-state index < -0.39 is 5.41 Å². The van der Waals surface area contributed by atoms with E-state index in [9.17, 15) is 0 Å². The summed E-state index contributed by atoms with van der Waals surface area (Å²) in [7, 11) is 0. The Balaban J connectivity index is 1.12. The standard InChI is InChI=1S/C56H44N2S/c1-37-24-27-42(28-25-37)57(40-16-4-2-5-17-40)44-31-33-48-52(36-44)56(54-49-21-11-13-23-53(49)59-55(48)54)50-22-12-10-20-46(50)47-32-30-45(35-51(47)56)58(41-18-6-3-7-19-41)43-29-26-38-14-8-9-15-39(38)34-43/h2-4,6-16,18-24,26-32,34-37,48H,5,17,25,33H2,1H3. The summed E-state index contributed by atoms with van der Waals surface area (Å²) in [4.78, 5) is 6.56. The molecule has 1 heterocycles. The van der Waals surface area contributed by atoms with E-state index in [1.807, 2.05) is 11.3 Å². The average molecular weight is 777 g/mol. The lowest BCUT2D eigenvalue weighted by Gasteiger charge is -2.38. The second-order valence-electron chi connectivity index (χ2n) is 16.7. The van der Waals surface area contributed by atoms with Gasteiger partial charge in [0.15, 0.2) is 0 Å². The van der Waals surface area contributed by atoms with Gasteiger partial charge in [0.05, 0.1) is 5.41 Å². The molecule has 5 aliphatic carbocycles. The fraction of sp³-hybridized carbons (Fsp3) is 0.143. The smallest absolute Gasteiger partial charge is 0.0701 e. The van der Waals surface area contributed by atoms with Gasteiger partial charge in [0.2, 0.25) is 0 Å².